The molecule has 2 aromatic rings. The van der Waals surface area contributed by atoms with Gasteiger partial charge in [-0.2, -0.15) is 0 Å². The Labute approximate surface area is 194 Å². The molecule has 1 aliphatic carbocycles. The van der Waals surface area contributed by atoms with Crippen molar-refractivity contribution in [3.8, 4) is 0 Å². The normalized spacial score (nSPS) is 26.7. The number of hydrogen-bond acceptors (Lipinski definition) is 4. The average Bonchev–Trinajstić information content (AvgIpc) is 3.21. The van der Waals surface area contributed by atoms with Crippen molar-refractivity contribution >= 4 is 29.0 Å². The summed E-state index contributed by atoms with van der Waals surface area (Å²) in [5.41, 5.74) is 4.38. The number of likely N-dealkylation sites (N-methyl/N-ethyl adjacent to an activating group) is 1. The molecule has 1 saturated carbocycles. The number of nitrogens with one attached hydrogen (secondary N) is 3. The molecule has 7 nitrogen and oxygen atoms in total. The minimum atomic E-state index is -0.994. The first-order valence-electron chi connectivity index (χ1n) is 11.8. The van der Waals surface area contributed by atoms with Crippen molar-refractivity contribution in [2.45, 2.75) is 44.8 Å². The number of amides is 3. The number of aliphatic imine (C=N–C) groups is 1. The Balaban J connectivity index is 1.47. The number of nitrogens with zero attached hydrogens (tertiary/aromatic N) is 2. The van der Waals surface area contributed by atoms with Crippen LogP contribution >= 0.6 is 0 Å². The summed E-state index contributed by atoms with van der Waals surface area (Å²) in [5, 5.41) is 9.34. The van der Waals surface area contributed by atoms with E-state index < -0.39 is 12.2 Å². The summed E-state index contributed by atoms with van der Waals surface area (Å²) in [6, 6.07) is 15.1. The van der Waals surface area contributed by atoms with Crippen LogP contribution in [-0.2, 0) is 4.79 Å². The molecule has 2 aromatic carbocycles. The smallest absolute Gasteiger partial charge is 0.311 e. The number of aryl methyl sites for hydroxylation is 1. The molecule has 0 aromatic heterocycles. The van der Waals surface area contributed by atoms with Crippen molar-refractivity contribution in [2.24, 2.45) is 16.8 Å². The van der Waals surface area contributed by atoms with Gasteiger partial charge in [0.25, 0.3) is 5.91 Å². The molecule has 4 atom stereocenters. The van der Waals surface area contributed by atoms with E-state index in [0.29, 0.717) is 17.5 Å². The number of rotatable bonds is 3. The number of benzene rings is 2. The number of carbonyl (C=O) groups is 2. The summed E-state index contributed by atoms with van der Waals surface area (Å²) < 4.78 is 0. The zero-order valence-electron chi connectivity index (χ0n) is 19.2. The van der Waals surface area contributed by atoms with Crippen LogP contribution in [0.2, 0.25) is 0 Å². The monoisotopic (exact) mass is 445 g/mol. The Morgan fingerprint density at radius 1 is 1.12 bits per heavy atom. The van der Waals surface area contributed by atoms with Gasteiger partial charge in [0.05, 0.1) is 17.4 Å². The van der Waals surface area contributed by atoms with Crippen molar-refractivity contribution in [1.82, 2.24) is 10.6 Å². The number of para-hydroxylation sites is 1. The molecule has 4 unspecified atom stereocenters. The van der Waals surface area contributed by atoms with Gasteiger partial charge < -0.3 is 20.9 Å². The number of fused-ring (bicyclic) bond motifs is 2. The molecule has 5 rings (SSSR count). The second-order valence-electron chi connectivity index (χ2n) is 9.39. The predicted octanol–water partition coefficient (Wildman–Crippen LogP) is 3.69. The van der Waals surface area contributed by atoms with E-state index >= 15 is 0 Å². The maximum absolute atomic E-state index is 13.3. The van der Waals surface area contributed by atoms with Gasteiger partial charge in [-0.15, -0.1) is 0 Å². The van der Waals surface area contributed by atoms with Crippen LogP contribution in [0.4, 0.5) is 16.2 Å². The topological polar surface area (TPSA) is 85.8 Å². The Kier molecular flexibility index (Phi) is 5.89. The van der Waals surface area contributed by atoms with Gasteiger partial charge in [0.1, 0.15) is 0 Å². The molecule has 3 aliphatic rings. The minimum absolute atomic E-state index is 0.0832. The zero-order chi connectivity index (χ0) is 22.9. The van der Waals surface area contributed by atoms with E-state index in [1.165, 1.54) is 25.7 Å². The average molecular weight is 446 g/mol. The quantitative estimate of drug-likeness (QED) is 0.674. The first kappa shape index (κ1) is 21.6. The lowest BCUT2D eigenvalue weighted by atomic mass is 9.76. The van der Waals surface area contributed by atoms with E-state index in [1.807, 2.05) is 55.5 Å². The third kappa shape index (κ3) is 4.25. The van der Waals surface area contributed by atoms with Gasteiger partial charge in [0.2, 0.25) is 6.17 Å². The van der Waals surface area contributed by atoms with E-state index in [4.69, 9.17) is 4.99 Å². The fourth-order valence-electron chi connectivity index (χ4n) is 5.56. The largest absolute Gasteiger partial charge is 0.321 e. The summed E-state index contributed by atoms with van der Waals surface area (Å²) in [6.07, 6.45) is 3.92. The number of carbonyl (C=O) groups excluding carboxylic acids is 2. The lowest BCUT2D eigenvalue weighted by Crippen LogP contribution is -2.48. The first-order chi connectivity index (χ1) is 16.0. The van der Waals surface area contributed by atoms with Gasteiger partial charge in [-0.05, 0) is 61.9 Å². The molecule has 1 saturated heterocycles. The van der Waals surface area contributed by atoms with Crippen molar-refractivity contribution in [1.29, 1.82) is 0 Å². The molecule has 3 amide bonds. The molecule has 2 heterocycles. The van der Waals surface area contributed by atoms with Gasteiger partial charge in [0.15, 0.2) is 0 Å². The van der Waals surface area contributed by atoms with Crippen molar-refractivity contribution in [3.63, 3.8) is 0 Å². The maximum Gasteiger partial charge on any atom is 0.321 e. The zero-order valence-corrected chi connectivity index (χ0v) is 19.2. The molecule has 2 fully saturated rings. The van der Waals surface area contributed by atoms with Gasteiger partial charge in [-0.3, -0.25) is 9.79 Å². The first-order valence-corrected chi connectivity index (χ1v) is 11.8. The summed E-state index contributed by atoms with van der Waals surface area (Å²) >= 11 is 0. The highest BCUT2D eigenvalue weighted by molar-refractivity contribution is 6.15. The van der Waals surface area contributed by atoms with Gasteiger partial charge in [0, 0.05) is 18.3 Å². The summed E-state index contributed by atoms with van der Waals surface area (Å²) in [6.45, 7) is 2.94. The molecule has 0 spiro atoms. The van der Waals surface area contributed by atoms with E-state index in [9.17, 15) is 9.59 Å². The SMILES string of the molecule is Cc1cccc(NC(=O)NC2N=C(C3NCC4CCCCC43)c3ccccc3N(C)C2=O)c1. The standard InChI is InChI=1S/C26H31N5O2/c1-16-8-7-10-18(14-16)28-26(33)30-24-25(32)31(2)21-13-6-5-12-20(21)23(29-24)22-19-11-4-3-9-17(19)15-27-22/h5-8,10,12-14,17,19,22,24,27H,3-4,9,11,15H2,1-2H3,(H2,28,30,33). The van der Waals surface area contributed by atoms with Crippen LogP contribution in [0, 0.1) is 18.8 Å². The van der Waals surface area contributed by atoms with E-state index in [-0.39, 0.29) is 11.9 Å². The number of hydrogen-bond donors (Lipinski definition) is 3. The molecule has 7 heteroatoms. The number of anilines is 2. The van der Waals surface area contributed by atoms with Crippen molar-refractivity contribution < 1.29 is 9.59 Å². The highest BCUT2D eigenvalue weighted by atomic mass is 16.2. The van der Waals surface area contributed by atoms with Crippen molar-refractivity contribution in [3.05, 3.63) is 59.7 Å². The van der Waals surface area contributed by atoms with Crippen LogP contribution in [0.3, 0.4) is 0 Å². The van der Waals surface area contributed by atoms with Crippen LogP contribution in [0.15, 0.2) is 53.5 Å². The second kappa shape index (κ2) is 8.98. The van der Waals surface area contributed by atoms with E-state index in [2.05, 4.69) is 16.0 Å². The molecule has 3 N–H and O–H groups in total. The summed E-state index contributed by atoms with van der Waals surface area (Å²) in [5.74, 6) is 0.896. The fourth-order valence-corrected chi connectivity index (χ4v) is 5.56. The van der Waals surface area contributed by atoms with Gasteiger partial charge in [-0.1, -0.05) is 43.2 Å². The molecular formula is C26H31N5O2. The molecule has 2 aliphatic heterocycles. The van der Waals surface area contributed by atoms with E-state index in [1.54, 1.807) is 11.9 Å². The van der Waals surface area contributed by atoms with Crippen LogP contribution in [0.25, 0.3) is 0 Å². The third-order valence-electron chi connectivity index (χ3n) is 7.21. The van der Waals surface area contributed by atoms with Gasteiger partial charge in [-0.25, -0.2) is 4.79 Å². The molecule has 0 bridgehead atoms. The lowest BCUT2D eigenvalue weighted by Gasteiger charge is -2.29. The van der Waals surface area contributed by atoms with Crippen LogP contribution in [-0.4, -0.2) is 43.5 Å². The third-order valence-corrected chi connectivity index (χ3v) is 7.21. The summed E-state index contributed by atoms with van der Waals surface area (Å²) in [4.78, 5) is 32.7. The highest BCUT2D eigenvalue weighted by Gasteiger charge is 2.42. The number of urea groups is 1. The Morgan fingerprint density at radius 3 is 2.79 bits per heavy atom. The molecular weight excluding hydrogens is 414 g/mol. The van der Waals surface area contributed by atoms with Crippen LogP contribution < -0.4 is 20.9 Å². The Hall–Kier alpha value is -3.19. The summed E-state index contributed by atoms with van der Waals surface area (Å²) in [7, 11) is 1.75. The second-order valence-corrected chi connectivity index (χ2v) is 9.39. The Bertz CT molecular complexity index is 1100. The lowest BCUT2D eigenvalue weighted by molar-refractivity contribution is -0.119. The number of benzodiazepines with no additional fused rings is 1. The minimum Gasteiger partial charge on any atom is -0.311 e. The Morgan fingerprint density at radius 2 is 1.94 bits per heavy atom. The molecule has 172 valence electrons. The van der Waals surface area contributed by atoms with E-state index in [0.717, 1.165) is 29.1 Å². The van der Waals surface area contributed by atoms with Gasteiger partial charge >= 0.3 is 6.03 Å². The van der Waals surface area contributed by atoms with Crippen LogP contribution in [0.5, 0.6) is 0 Å². The fraction of sp³-hybridized carbons (Fsp3) is 0.423. The van der Waals surface area contributed by atoms with Crippen LogP contribution in [0.1, 0.15) is 36.8 Å². The van der Waals surface area contributed by atoms with Crippen molar-refractivity contribution in [2.75, 3.05) is 23.8 Å². The molecule has 33 heavy (non-hydrogen) atoms. The predicted molar refractivity (Wildman–Crippen MR) is 131 cm³/mol. The highest BCUT2D eigenvalue weighted by Crippen LogP contribution is 2.39. The maximum atomic E-state index is 13.3. The molecule has 0 radical (unpaired) electrons.